The predicted octanol–water partition coefficient (Wildman–Crippen LogP) is 2.89. The van der Waals surface area contributed by atoms with Crippen molar-refractivity contribution in [2.45, 2.75) is 20.0 Å². The fraction of sp³-hybridized carbons (Fsp3) is 0.350. The standard InChI is InChI=1S/C20H27N3O2/c1-16-4-6-17(7-5-16)14-22-20(21-2)23-15-18-8-10-19(11-9-18)25-13-12-24-3/h4-11H,12-15H2,1-3H3,(H2,21,22,23). The van der Waals surface area contributed by atoms with Crippen molar-refractivity contribution >= 4 is 5.96 Å². The summed E-state index contributed by atoms with van der Waals surface area (Å²) >= 11 is 0. The fourth-order valence-corrected chi connectivity index (χ4v) is 2.24. The number of methoxy groups -OCH3 is 1. The van der Waals surface area contributed by atoms with Crippen LogP contribution < -0.4 is 15.4 Å². The van der Waals surface area contributed by atoms with Gasteiger partial charge in [0.25, 0.3) is 0 Å². The molecule has 0 aliphatic rings. The zero-order valence-corrected chi connectivity index (χ0v) is 15.2. The fourth-order valence-electron chi connectivity index (χ4n) is 2.24. The molecule has 0 spiro atoms. The Hall–Kier alpha value is -2.53. The van der Waals surface area contributed by atoms with Crippen LogP contribution in [0.2, 0.25) is 0 Å². The van der Waals surface area contributed by atoms with Crippen LogP contribution in [-0.2, 0) is 17.8 Å². The van der Waals surface area contributed by atoms with E-state index < -0.39 is 0 Å². The van der Waals surface area contributed by atoms with Gasteiger partial charge in [0.1, 0.15) is 12.4 Å². The van der Waals surface area contributed by atoms with E-state index >= 15 is 0 Å². The molecule has 5 heteroatoms. The highest BCUT2D eigenvalue weighted by molar-refractivity contribution is 5.79. The Bertz CT molecular complexity index is 652. The van der Waals surface area contributed by atoms with Crippen molar-refractivity contribution in [2.75, 3.05) is 27.4 Å². The van der Waals surface area contributed by atoms with E-state index in [1.165, 1.54) is 11.1 Å². The largest absolute Gasteiger partial charge is 0.491 e. The number of hydrogen-bond acceptors (Lipinski definition) is 3. The Morgan fingerprint density at radius 2 is 1.44 bits per heavy atom. The molecule has 2 aromatic rings. The number of benzene rings is 2. The van der Waals surface area contributed by atoms with Gasteiger partial charge in [0, 0.05) is 27.2 Å². The molecule has 0 aromatic heterocycles. The summed E-state index contributed by atoms with van der Waals surface area (Å²) in [6, 6.07) is 16.5. The number of hydrogen-bond donors (Lipinski definition) is 2. The summed E-state index contributed by atoms with van der Waals surface area (Å²) in [6.45, 7) is 4.68. The van der Waals surface area contributed by atoms with E-state index in [4.69, 9.17) is 9.47 Å². The Balaban J connectivity index is 1.77. The van der Waals surface area contributed by atoms with Crippen molar-refractivity contribution in [3.8, 4) is 5.75 Å². The summed E-state index contributed by atoms with van der Waals surface area (Å²) in [5.41, 5.74) is 3.66. The van der Waals surface area contributed by atoms with Gasteiger partial charge in [-0.1, -0.05) is 42.0 Å². The molecule has 0 aliphatic heterocycles. The molecule has 25 heavy (non-hydrogen) atoms. The highest BCUT2D eigenvalue weighted by Crippen LogP contribution is 2.12. The smallest absolute Gasteiger partial charge is 0.191 e. The second-order valence-electron chi connectivity index (χ2n) is 5.75. The SMILES string of the molecule is CN=C(NCc1ccc(C)cc1)NCc1ccc(OCCOC)cc1. The van der Waals surface area contributed by atoms with E-state index in [0.29, 0.717) is 19.8 Å². The number of aliphatic imine (C=N–C) groups is 1. The number of nitrogens with zero attached hydrogens (tertiary/aromatic N) is 1. The second kappa shape index (κ2) is 10.4. The van der Waals surface area contributed by atoms with E-state index in [-0.39, 0.29) is 0 Å². The Labute approximate surface area is 150 Å². The van der Waals surface area contributed by atoms with Crippen molar-refractivity contribution in [3.05, 3.63) is 65.2 Å². The minimum absolute atomic E-state index is 0.559. The van der Waals surface area contributed by atoms with E-state index in [2.05, 4.69) is 46.8 Å². The lowest BCUT2D eigenvalue weighted by atomic mass is 10.1. The van der Waals surface area contributed by atoms with Gasteiger partial charge >= 0.3 is 0 Å². The van der Waals surface area contributed by atoms with Crippen LogP contribution in [0, 0.1) is 6.92 Å². The van der Waals surface area contributed by atoms with Gasteiger partial charge in [-0.2, -0.15) is 0 Å². The summed E-state index contributed by atoms with van der Waals surface area (Å²) in [4.78, 5) is 4.26. The molecule has 2 aromatic carbocycles. The van der Waals surface area contributed by atoms with E-state index in [9.17, 15) is 0 Å². The molecule has 0 atom stereocenters. The predicted molar refractivity (Wildman–Crippen MR) is 102 cm³/mol. The van der Waals surface area contributed by atoms with Crippen LogP contribution in [0.5, 0.6) is 5.75 Å². The molecular weight excluding hydrogens is 314 g/mol. The van der Waals surface area contributed by atoms with E-state index in [1.807, 2.05) is 24.3 Å². The first kappa shape index (κ1) is 18.8. The van der Waals surface area contributed by atoms with Gasteiger partial charge < -0.3 is 20.1 Å². The molecule has 0 amide bonds. The molecule has 5 nitrogen and oxygen atoms in total. The minimum Gasteiger partial charge on any atom is -0.491 e. The lowest BCUT2D eigenvalue weighted by Crippen LogP contribution is -2.36. The number of guanidine groups is 1. The number of nitrogens with one attached hydrogen (secondary N) is 2. The van der Waals surface area contributed by atoms with Gasteiger partial charge in [-0.05, 0) is 30.2 Å². The van der Waals surface area contributed by atoms with Gasteiger partial charge in [0.15, 0.2) is 5.96 Å². The van der Waals surface area contributed by atoms with Crippen LogP contribution in [0.15, 0.2) is 53.5 Å². The van der Waals surface area contributed by atoms with Crippen LogP contribution in [0.1, 0.15) is 16.7 Å². The zero-order valence-electron chi connectivity index (χ0n) is 15.2. The highest BCUT2D eigenvalue weighted by atomic mass is 16.5. The molecule has 0 bridgehead atoms. The van der Waals surface area contributed by atoms with Gasteiger partial charge in [-0.3, -0.25) is 4.99 Å². The van der Waals surface area contributed by atoms with Gasteiger partial charge in [0.2, 0.25) is 0 Å². The molecular formula is C20H27N3O2. The van der Waals surface area contributed by atoms with E-state index in [1.54, 1.807) is 14.2 Å². The molecule has 0 radical (unpaired) electrons. The average molecular weight is 341 g/mol. The summed E-state index contributed by atoms with van der Waals surface area (Å²) in [5.74, 6) is 1.63. The topological polar surface area (TPSA) is 54.9 Å². The Morgan fingerprint density at radius 3 is 1.96 bits per heavy atom. The van der Waals surface area contributed by atoms with Crippen LogP contribution in [0.3, 0.4) is 0 Å². The summed E-state index contributed by atoms with van der Waals surface area (Å²) in [5, 5.41) is 6.64. The van der Waals surface area contributed by atoms with Crippen molar-refractivity contribution in [3.63, 3.8) is 0 Å². The maximum atomic E-state index is 5.56. The molecule has 0 unspecified atom stereocenters. The van der Waals surface area contributed by atoms with Crippen molar-refractivity contribution in [1.29, 1.82) is 0 Å². The van der Waals surface area contributed by atoms with Crippen LogP contribution in [0.4, 0.5) is 0 Å². The first-order chi connectivity index (χ1) is 12.2. The summed E-state index contributed by atoms with van der Waals surface area (Å²) in [7, 11) is 3.44. The lowest BCUT2D eigenvalue weighted by Gasteiger charge is -2.12. The Morgan fingerprint density at radius 1 is 0.880 bits per heavy atom. The summed E-state index contributed by atoms with van der Waals surface area (Å²) < 4.78 is 10.5. The van der Waals surface area contributed by atoms with Gasteiger partial charge in [0.05, 0.1) is 6.61 Å². The molecule has 0 fully saturated rings. The second-order valence-corrected chi connectivity index (χ2v) is 5.75. The number of rotatable bonds is 8. The maximum absolute atomic E-state index is 5.56. The van der Waals surface area contributed by atoms with Crippen molar-refractivity contribution < 1.29 is 9.47 Å². The number of ether oxygens (including phenoxy) is 2. The monoisotopic (exact) mass is 341 g/mol. The van der Waals surface area contributed by atoms with Crippen molar-refractivity contribution in [1.82, 2.24) is 10.6 Å². The van der Waals surface area contributed by atoms with Crippen LogP contribution >= 0.6 is 0 Å². The highest BCUT2D eigenvalue weighted by Gasteiger charge is 2.00. The molecule has 2 rings (SSSR count). The third kappa shape index (κ3) is 6.85. The zero-order chi connectivity index (χ0) is 17.9. The molecule has 0 heterocycles. The normalized spacial score (nSPS) is 11.2. The summed E-state index contributed by atoms with van der Waals surface area (Å²) in [6.07, 6.45) is 0. The molecule has 0 aliphatic carbocycles. The maximum Gasteiger partial charge on any atom is 0.191 e. The van der Waals surface area contributed by atoms with E-state index in [0.717, 1.165) is 23.8 Å². The average Bonchev–Trinajstić information content (AvgIpc) is 2.64. The van der Waals surface area contributed by atoms with Gasteiger partial charge in [-0.15, -0.1) is 0 Å². The first-order valence-corrected chi connectivity index (χ1v) is 8.42. The lowest BCUT2D eigenvalue weighted by molar-refractivity contribution is 0.146. The van der Waals surface area contributed by atoms with Crippen molar-refractivity contribution in [2.24, 2.45) is 4.99 Å². The minimum atomic E-state index is 0.559. The number of aryl methyl sites for hydroxylation is 1. The molecule has 0 saturated carbocycles. The van der Waals surface area contributed by atoms with Crippen LogP contribution in [-0.4, -0.2) is 33.3 Å². The quantitative estimate of drug-likeness (QED) is 0.440. The molecule has 2 N–H and O–H groups in total. The third-order valence-electron chi connectivity index (χ3n) is 3.74. The van der Waals surface area contributed by atoms with Gasteiger partial charge in [-0.25, -0.2) is 0 Å². The molecule has 0 saturated heterocycles. The first-order valence-electron chi connectivity index (χ1n) is 8.42. The third-order valence-corrected chi connectivity index (χ3v) is 3.74. The van der Waals surface area contributed by atoms with Crippen LogP contribution in [0.25, 0.3) is 0 Å². The Kier molecular flexibility index (Phi) is 7.79. The molecule has 134 valence electrons.